The number of aliphatic carboxylic acids is 1. The summed E-state index contributed by atoms with van der Waals surface area (Å²) in [6.45, 7) is 6.05. The first-order chi connectivity index (χ1) is 6.31. The van der Waals surface area contributed by atoms with E-state index in [1.54, 1.807) is 6.92 Å². The number of carbonyl (C=O) groups excluding carboxylic acids is 1. The van der Waals surface area contributed by atoms with Crippen LogP contribution in [0.1, 0.15) is 13.8 Å². The van der Waals surface area contributed by atoms with Gasteiger partial charge in [-0.15, -0.1) is 0 Å². The molecule has 6 nitrogen and oxygen atoms in total. The van der Waals surface area contributed by atoms with Gasteiger partial charge in [0.25, 0.3) is 0 Å². The lowest BCUT2D eigenvalue weighted by atomic mass is 10.3. The Morgan fingerprint density at radius 3 is 1.93 bits per heavy atom. The third-order valence-electron chi connectivity index (χ3n) is 1.16. The molecule has 0 aromatic rings. The Bertz CT molecular complexity index is 202. The Morgan fingerprint density at radius 1 is 1.50 bits per heavy atom. The highest BCUT2D eigenvalue weighted by atomic mass is 16.6. The highest BCUT2D eigenvalue weighted by Crippen LogP contribution is 1.95. The quantitative estimate of drug-likeness (QED) is 0.566. The summed E-state index contributed by atoms with van der Waals surface area (Å²) in [6.07, 6.45) is -1.22. The monoisotopic (exact) mass is 205 g/mol. The largest absolute Gasteiger partial charge is 0.478 e. The molecule has 0 bridgehead atoms. The summed E-state index contributed by atoms with van der Waals surface area (Å²) in [4.78, 5) is 19.3. The van der Waals surface area contributed by atoms with E-state index in [-0.39, 0.29) is 0 Å². The molecule has 6 heteroatoms. The van der Waals surface area contributed by atoms with Crippen LogP contribution in [0.5, 0.6) is 0 Å². The zero-order valence-electron chi connectivity index (χ0n) is 8.14. The van der Waals surface area contributed by atoms with Gasteiger partial charge in [0.1, 0.15) is 6.10 Å². The number of primary amides is 1. The summed E-state index contributed by atoms with van der Waals surface area (Å²) in [5.41, 5.74) is 4.66. The zero-order chi connectivity index (χ0) is 11.7. The number of ether oxygens (including phenoxy) is 1. The Kier molecular flexibility index (Phi) is 8.60. The van der Waals surface area contributed by atoms with Gasteiger partial charge in [0.15, 0.2) is 0 Å². The van der Waals surface area contributed by atoms with Crippen molar-refractivity contribution in [1.29, 1.82) is 0 Å². The first kappa shape index (κ1) is 14.9. The van der Waals surface area contributed by atoms with Crippen molar-refractivity contribution in [1.82, 2.24) is 0 Å². The summed E-state index contributed by atoms with van der Waals surface area (Å²) in [7, 11) is 0. The van der Waals surface area contributed by atoms with Gasteiger partial charge in [0, 0.05) is 6.08 Å². The number of aliphatic hydroxyl groups is 1. The maximum absolute atomic E-state index is 10.0. The molecule has 0 aliphatic heterocycles. The molecule has 0 spiro atoms. The van der Waals surface area contributed by atoms with Crippen LogP contribution in [-0.4, -0.2) is 34.5 Å². The van der Waals surface area contributed by atoms with Crippen LogP contribution in [0.3, 0.4) is 0 Å². The Hall–Kier alpha value is -1.56. The van der Waals surface area contributed by atoms with Gasteiger partial charge in [0.2, 0.25) is 0 Å². The van der Waals surface area contributed by atoms with Crippen molar-refractivity contribution in [3.63, 3.8) is 0 Å². The fraction of sp³-hybridized carbons (Fsp3) is 0.500. The lowest BCUT2D eigenvalue weighted by Gasteiger charge is -2.12. The number of rotatable bonds is 3. The van der Waals surface area contributed by atoms with Crippen LogP contribution >= 0.6 is 0 Å². The summed E-state index contributed by atoms with van der Waals surface area (Å²) >= 11 is 0. The van der Waals surface area contributed by atoms with E-state index in [9.17, 15) is 9.59 Å². The van der Waals surface area contributed by atoms with Crippen molar-refractivity contribution in [3.05, 3.63) is 12.7 Å². The molecule has 0 aromatic carbocycles. The Balaban J connectivity index is 0. The second kappa shape index (κ2) is 8.06. The van der Waals surface area contributed by atoms with Gasteiger partial charge in [-0.05, 0) is 13.8 Å². The molecule has 0 aliphatic carbocycles. The summed E-state index contributed by atoms with van der Waals surface area (Å²) in [6, 6.07) is 0. The molecule has 0 saturated carbocycles. The van der Waals surface area contributed by atoms with Crippen LogP contribution in [0.25, 0.3) is 0 Å². The minimum absolute atomic E-state index is 0.525. The van der Waals surface area contributed by atoms with Gasteiger partial charge in [-0.1, -0.05) is 6.58 Å². The van der Waals surface area contributed by atoms with E-state index in [0.29, 0.717) is 0 Å². The van der Waals surface area contributed by atoms with Crippen molar-refractivity contribution in [2.75, 3.05) is 0 Å². The molecule has 2 atom stereocenters. The summed E-state index contributed by atoms with van der Waals surface area (Å²) in [5, 5.41) is 16.3. The third-order valence-corrected chi connectivity index (χ3v) is 1.16. The predicted molar refractivity (Wildman–Crippen MR) is 49.6 cm³/mol. The number of carboxylic acid groups (broad SMARTS) is 1. The topological polar surface area (TPSA) is 110 Å². The molecule has 14 heavy (non-hydrogen) atoms. The van der Waals surface area contributed by atoms with E-state index in [1.807, 2.05) is 0 Å². The molecule has 0 heterocycles. The maximum Gasteiger partial charge on any atom is 0.404 e. The molecule has 0 rings (SSSR count). The zero-order valence-corrected chi connectivity index (χ0v) is 8.14. The van der Waals surface area contributed by atoms with Crippen LogP contribution in [0, 0.1) is 0 Å². The van der Waals surface area contributed by atoms with Crippen LogP contribution in [-0.2, 0) is 9.53 Å². The number of amides is 1. The summed E-state index contributed by atoms with van der Waals surface area (Å²) in [5.74, 6) is -0.981. The molecule has 0 saturated heterocycles. The predicted octanol–water partition coefficient (Wildman–Crippen LogP) is 0.108. The number of hydrogen-bond donors (Lipinski definition) is 3. The van der Waals surface area contributed by atoms with E-state index in [2.05, 4.69) is 17.0 Å². The first-order valence-corrected chi connectivity index (χ1v) is 3.80. The average Bonchev–Trinajstić information content (AvgIpc) is 2.04. The van der Waals surface area contributed by atoms with E-state index < -0.39 is 24.3 Å². The molecular weight excluding hydrogens is 190 g/mol. The molecule has 0 aliphatic rings. The van der Waals surface area contributed by atoms with Gasteiger partial charge in [0.05, 0.1) is 6.10 Å². The SMILES string of the molecule is C=CC(=O)O.CC(O)C(C)OC(N)=O. The van der Waals surface area contributed by atoms with Gasteiger partial charge < -0.3 is 20.7 Å². The highest BCUT2D eigenvalue weighted by molar-refractivity contribution is 5.78. The van der Waals surface area contributed by atoms with Gasteiger partial charge >= 0.3 is 12.1 Å². The van der Waals surface area contributed by atoms with Crippen molar-refractivity contribution in [3.8, 4) is 0 Å². The van der Waals surface area contributed by atoms with Crippen molar-refractivity contribution < 1.29 is 24.5 Å². The molecule has 0 radical (unpaired) electrons. The van der Waals surface area contributed by atoms with Crippen molar-refractivity contribution in [2.24, 2.45) is 5.73 Å². The smallest absolute Gasteiger partial charge is 0.404 e. The summed E-state index contributed by atoms with van der Waals surface area (Å²) < 4.78 is 4.40. The molecule has 0 fully saturated rings. The number of carboxylic acids is 1. The molecule has 0 aromatic heterocycles. The molecule has 4 N–H and O–H groups in total. The van der Waals surface area contributed by atoms with E-state index in [4.69, 9.17) is 10.2 Å². The van der Waals surface area contributed by atoms with Crippen LogP contribution in [0.4, 0.5) is 4.79 Å². The first-order valence-electron chi connectivity index (χ1n) is 3.80. The molecule has 1 amide bonds. The van der Waals surface area contributed by atoms with Gasteiger partial charge in [-0.25, -0.2) is 9.59 Å². The average molecular weight is 205 g/mol. The number of nitrogens with two attached hydrogens (primary N) is 1. The molecular formula is C8H15NO5. The minimum atomic E-state index is -0.981. The standard InChI is InChI=1S/C5H11NO3.C3H4O2/c1-3(7)4(2)9-5(6)8;1-2-3(4)5/h3-4,7H,1-2H3,(H2,6,8);2H,1H2,(H,4,5). The van der Waals surface area contributed by atoms with E-state index in [0.717, 1.165) is 6.08 Å². The second-order valence-corrected chi connectivity index (χ2v) is 2.42. The van der Waals surface area contributed by atoms with Crippen LogP contribution in [0.2, 0.25) is 0 Å². The third kappa shape index (κ3) is 13.1. The second-order valence-electron chi connectivity index (χ2n) is 2.42. The van der Waals surface area contributed by atoms with Gasteiger partial charge in [-0.3, -0.25) is 0 Å². The van der Waals surface area contributed by atoms with Crippen molar-refractivity contribution in [2.45, 2.75) is 26.1 Å². The number of aliphatic hydroxyl groups excluding tert-OH is 1. The lowest BCUT2D eigenvalue weighted by molar-refractivity contribution is -0.131. The Labute approximate surface area is 82.0 Å². The fourth-order valence-electron chi connectivity index (χ4n) is 0.282. The maximum atomic E-state index is 10.0. The number of hydrogen-bond acceptors (Lipinski definition) is 4. The minimum Gasteiger partial charge on any atom is -0.478 e. The fourth-order valence-corrected chi connectivity index (χ4v) is 0.282. The van der Waals surface area contributed by atoms with Crippen LogP contribution in [0.15, 0.2) is 12.7 Å². The highest BCUT2D eigenvalue weighted by Gasteiger charge is 2.10. The lowest BCUT2D eigenvalue weighted by Crippen LogP contribution is -2.28. The van der Waals surface area contributed by atoms with Crippen molar-refractivity contribution >= 4 is 12.1 Å². The Morgan fingerprint density at radius 2 is 1.86 bits per heavy atom. The molecule has 82 valence electrons. The van der Waals surface area contributed by atoms with Crippen LogP contribution < -0.4 is 5.73 Å². The van der Waals surface area contributed by atoms with E-state index >= 15 is 0 Å². The molecule has 2 unspecified atom stereocenters. The van der Waals surface area contributed by atoms with Gasteiger partial charge in [-0.2, -0.15) is 0 Å². The number of carbonyl (C=O) groups is 2. The van der Waals surface area contributed by atoms with E-state index in [1.165, 1.54) is 6.92 Å². The normalized spacial score (nSPS) is 12.8.